The molecule has 1 aromatic rings. The molecule has 3 aliphatic heterocycles. The van der Waals surface area contributed by atoms with Crippen molar-refractivity contribution in [3.63, 3.8) is 0 Å². The van der Waals surface area contributed by atoms with Gasteiger partial charge in [0.05, 0.1) is 12.0 Å². The number of Topliss-reactive ketones (excluding diaryl/α,β-unsaturated/α-hetero) is 1. The highest BCUT2D eigenvalue weighted by Gasteiger charge is 2.54. The Bertz CT molecular complexity index is 1000. The third kappa shape index (κ3) is 4.77. The average Bonchev–Trinajstić information content (AvgIpc) is 3.44. The molecule has 4 rings (SSSR count). The Morgan fingerprint density at radius 2 is 1.83 bits per heavy atom. The van der Waals surface area contributed by atoms with Gasteiger partial charge in [-0.2, -0.15) is 0 Å². The number of carbonyl (C=O) groups excluding carboxylic acids is 3. The van der Waals surface area contributed by atoms with Crippen LogP contribution in [0.25, 0.3) is 0 Å². The van der Waals surface area contributed by atoms with Crippen LogP contribution < -0.4 is 10.6 Å². The summed E-state index contributed by atoms with van der Waals surface area (Å²) >= 11 is 0. The number of anilines is 1. The number of nitrogens with two attached hydrogens (primary N) is 1. The van der Waals surface area contributed by atoms with Crippen molar-refractivity contribution in [2.45, 2.75) is 65.5 Å². The van der Waals surface area contributed by atoms with Crippen LogP contribution in [0.4, 0.5) is 5.69 Å². The van der Waals surface area contributed by atoms with Crippen LogP contribution in [0.15, 0.2) is 18.2 Å². The monoisotopic (exact) mass is 498 g/mol. The smallest absolute Gasteiger partial charge is 0.249 e. The molecule has 0 spiro atoms. The number of ketones is 1. The molecule has 0 aromatic heterocycles. The predicted octanol–water partition coefficient (Wildman–Crippen LogP) is 2.65. The maximum absolute atomic E-state index is 14.4. The molecule has 0 aliphatic carbocycles. The summed E-state index contributed by atoms with van der Waals surface area (Å²) in [5, 5.41) is 0. The second-order valence-electron chi connectivity index (χ2n) is 11.2. The van der Waals surface area contributed by atoms with Gasteiger partial charge in [0.25, 0.3) is 0 Å². The van der Waals surface area contributed by atoms with Crippen LogP contribution in [0.1, 0.15) is 69.3 Å². The van der Waals surface area contributed by atoms with Gasteiger partial charge in [-0.3, -0.25) is 14.4 Å². The fraction of sp³-hybridized carbons (Fsp3) is 0.679. The van der Waals surface area contributed by atoms with Crippen molar-refractivity contribution in [1.29, 1.82) is 0 Å². The molecule has 3 aliphatic rings. The quantitative estimate of drug-likeness (QED) is 0.592. The molecule has 2 N–H and O–H groups in total. The largest absolute Gasteiger partial charge is 0.369 e. The van der Waals surface area contributed by atoms with Gasteiger partial charge in [0.15, 0.2) is 5.78 Å². The number of nitrogens with zero attached hydrogens (tertiary/aromatic N) is 3. The number of benzene rings is 1. The van der Waals surface area contributed by atoms with Crippen molar-refractivity contribution < 1.29 is 19.1 Å². The summed E-state index contributed by atoms with van der Waals surface area (Å²) in [6, 6.07) is 5.18. The lowest BCUT2D eigenvalue weighted by atomic mass is 9.71. The first-order valence-electron chi connectivity index (χ1n) is 13.5. The number of rotatable bonds is 8. The Labute approximate surface area is 215 Å². The molecule has 8 nitrogen and oxygen atoms in total. The second-order valence-corrected chi connectivity index (χ2v) is 11.2. The summed E-state index contributed by atoms with van der Waals surface area (Å²) < 4.78 is 5.82. The standard InChI is InChI=1S/C28H42N4O4/c1-6-18-16-32(24-22(33)17-36-25(18)24)27(35)23(28(4,5)7-2)21-15-19(9-10-20(21)26(29)34)31-13-11-30(8-3)12-14-31/h9-10,15,18,23-25H,6-8,11-14,16-17H2,1-5H3,(H2,29,34)/t18-,23+,24-,25-/m1/s1. The zero-order valence-electron chi connectivity index (χ0n) is 22.5. The number of amides is 2. The third-order valence-electron chi connectivity index (χ3n) is 8.83. The number of likely N-dealkylation sites (tertiary alicyclic amines) is 1. The van der Waals surface area contributed by atoms with Crippen LogP contribution in [0.3, 0.4) is 0 Å². The highest BCUT2D eigenvalue weighted by atomic mass is 16.5. The van der Waals surface area contributed by atoms with Crippen LogP contribution in [0, 0.1) is 11.3 Å². The summed E-state index contributed by atoms with van der Waals surface area (Å²) in [6.07, 6.45) is 1.32. The van der Waals surface area contributed by atoms with Crippen LogP contribution in [-0.4, -0.2) is 85.4 Å². The molecule has 1 aromatic carbocycles. The summed E-state index contributed by atoms with van der Waals surface area (Å²) in [4.78, 5) is 46.2. The molecule has 8 heteroatoms. The van der Waals surface area contributed by atoms with E-state index >= 15 is 0 Å². The van der Waals surface area contributed by atoms with Crippen LogP contribution >= 0.6 is 0 Å². The Balaban J connectivity index is 1.75. The zero-order valence-corrected chi connectivity index (χ0v) is 22.5. The minimum atomic E-state index is -0.605. The molecule has 2 amide bonds. The first-order valence-corrected chi connectivity index (χ1v) is 13.5. The molecule has 36 heavy (non-hydrogen) atoms. The molecule has 3 fully saturated rings. The van der Waals surface area contributed by atoms with Gasteiger partial charge in [-0.25, -0.2) is 0 Å². The lowest BCUT2D eigenvalue weighted by Crippen LogP contribution is -2.47. The first-order chi connectivity index (χ1) is 17.1. The van der Waals surface area contributed by atoms with Gasteiger partial charge >= 0.3 is 0 Å². The summed E-state index contributed by atoms with van der Waals surface area (Å²) in [5.74, 6) is -1.15. The van der Waals surface area contributed by atoms with E-state index in [-0.39, 0.29) is 30.3 Å². The van der Waals surface area contributed by atoms with Gasteiger partial charge in [0.1, 0.15) is 12.6 Å². The van der Waals surface area contributed by atoms with Crippen molar-refractivity contribution in [2.24, 2.45) is 17.1 Å². The van der Waals surface area contributed by atoms with E-state index in [2.05, 4.69) is 44.4 Å². The van der Waals surface area contributed by atoms with Crippen molar-refractivity contribution in [3.8, 4) is 0 Å². The Morgan fingerprint density at radius 3 is 2.42 bits per heavy atom. The molecule has 4 atom stereocenters. The maximum Gasteiger partial charge on any atom is 0.249 e. The molecule has 3 saturated heterocycles. The van der Waals surface area contributed by atoms with E-state index in [1.165, 1.54) is 0 Å². The molecular formula is C28H42N4O4. The van der Waals surface area contributed by atoms with Gasteiger partial charge in [-0.1, -0.05) is 34.6 Å². The number of hydrogen-bond acceptors (Lipinski definition) is 6. The number of ether oxygens (including phenoxy) is 1. The van der Waals surface area contributed by atoms with Crippen molar-refractivity contribution in [1.82, 2.24) is 9.80 Å². The number of piperazine rings is 1. The lowest BCUT2D eigenvalue weighted by molar-refractivity contribution is -0.140. The Kier molecular flexibility index (Phi) is 7.76. The van der Waals surface area contributed by atoms with Crippen molar-refractivity contribution in [3.05, 3.63) is 29.3 Å². The fourth-order valence-electron chi connectivity index (χ4n) is 6.13. The van der Waals surface area contributed by atoms with Gasteiger partial charge < -0.3 is 25.2 Å². The highest BCUT2D eigenvalue weighted by molar-refractivity contribution is 5.99. The zero-order chi connectivity index (χ0) is 26.2. The van der Waals surface area contributed by atoms with E-state index in [9.17, 15) is 14.4 Å². The number of fused-ring (bicyclic) bond motifs is 1. The first kappa shape index (κ1) is 26.6. The normalized spacial score (nSPS) is 25.8. The van der Waals surface area contributed by atoms with Crippen LogP contribution in [0.5, 0.6) is 0 Å². The summed E-state index contributed by atoms with van der Waals surface area (Å²) in [5.41, 5.74) is 7.44. The number of primary amides is 1. The van der Waals surface area contributed by atoms with Gasteiger partial charge in [0.2, 0.25) is 11.8 Å². The van der Waals surface area contributed by atoms with Crippen molar-refractivity contribution in [2.75, 3.05) is 50.8 Å². The highest BCUT2D eigenvalue weighted by Crippen LogP contribution is 2.45. The third-order valence-corrected chi connectivity index (χ3v) is 8.83. The molecule has 0 bridgehead atoms. The van der Waals surface area contributed by atoms with E-state index in [0.29, 0.717) is 17.7 Å². The van der Waals surface area contributed by atoms with Crippen LogP contribution in [-0.2, 0) is 14.3 Å². The van der Waals surface area contributed by atoms with E-state index in [4.69, 9.17) is 10.5 Å². The topological polar surface area (TPSA) is 96.2 Å². The fourth-order valence-corrected chi connectivity index (χ4v) is 6.13. The Hall–Kier alpha value is -2.45. The lowest BCUT2D eigenvalue weighted by Gasteiger charge is -2.39. The molecule has 3 heterocycles. The van der Waals surface area contributed by atoms with Crippen LogP contribution in [0.2, 0.25) is 0 Å². The van der Waals surface area contributed by atoms with Crippen molar-refractivity contribution >= 4 is 23.3 Å². The van der Waals surface area contributed by atoms with E-state index < -0.39 is 23.3 Å². The number of carbonyl (C=O) groups is 3. The van der Waals surface area contributed by atoms with E-state index in [1.807, 2.05) is 12.1 Å². The minimum absolute atomic E-state index is 0.0324. The average molecular weight is 499 g/mol. The van der Waals surface area contributed by atoms with E-state index in [0.717, 1.165) is 51.3 Å². The predicted molar refractivity (Wildman–Crippen MR) is 140 cm³/mol. The SMILES string of the molecule is CC[C@@H]1CN(C(=O)[C@H](c2cc(N3CCN(CC)CC3)ccc2C(N)=O)C(C)(C)CC)[C@@H]2C(=O)CO[C@H]12. The minimum Gasteiger partial charge on any atom is -0.369 e. The molecule has 0 radical (unpaired) electrons. The molecular weight excluding hydrogens is 456 g/mol. The molecule has 0 unspecified atom stereocenters. The molecule has 0 saturated carbocycles. The Morgan fingerprint density at radius 1 is 1.14 bits per heavy atom. The van der Waals surface area contributed by atoms with Gasteiger partial charge in [0, 0.05) is 49.9 Å². The summed E-state index contributed by atoms with van der Waals surface area (Å²) in [6.45, 7) is 15.7. The summed E-state index contributed by atoms with van der Waals surface area (Å²) in [7, 11) is 0. The van der Waals surface area contributed by atoms with Gasteiger partial charge in [-0.15, -0.1) is 0 Å². The number of likely N-dealkylation sites (N-methyl/N-ethyl adjacent to an activating group) is 1. The number of hydrogen-bond donors (Lipinski definition) is 1. The van der Waals surface area contributed by atoms with Gasteiger partial charge in [-0.05, 0) is 48.6 Å². The van der Waals surface area contributed by atoms with E-state index in [1.54, 1.807) is 11.0 Å². The second kappa shape index (κ2) is 10.5. The molecule has 198 valence electrons. The maximum atomic E-state index is 14.4.